The Morgan fingerprint density at radius 2 is 1.62 bits per heavy atom. The van der Waals surface area contributed by atoms with Crippen LogP contribution >= 0.6 is 0 Å². The minimum atomic E-state index is -4.34. The molecule has 2 aromatic carbocycles. The van der Waals surface area contributed by atoms with Crippen LogP contribution in [0.5, 0.6) is 5.75 Å². The van der Waals surface area contributed by atoms with E-state index in [1.165, 1.54) is 24.3 Å². The number of carbonyl (C=O) groups excluding carboxylic acids is 1. The predicted octanol–water partition coefficient (Wildman–Crippen LogP) is 1.79. The van der Waals surface area contributed by atoms with Gasteiger partial charge in [0.1, 0.15) is 16.7 Å². The third-order valence-corrected chi connectivity index (χ3v) is 4.51. The van der Waals surface area contributed by atoms with Crippen LogP contribution in [0.15, 0.2) is 59.5 Å². The SMILES string of the molecule is NC(=O)C(NS(=O)(=O)c1ccccc1OC(F)F)c1ccccc1. The lowest BCUT2D eigenvalue weighted by atomic mass is 10.1. The number of primary amides is 1. The Hall–Kier alpha value is -2.52. The largest absolute Gasteiger partial charge is 0.433 e. The normalized spacial score (nSPS) is 12.8. The minimum absolute atomic E-state index is 0.320. The zero-order valence-corrected chi connectivity index (χ0v) is 13.0. The molecule has 0 saturated carbocycles. The number of sulfonamides is 1. The first-order valence-corrected chi connectivity index (χ1v) is 8.20. The zero-order valence-electron chi connectivity index (χ0n) is 12.2. The minimum Gasteiger partial charge on any atom is -0.433 e. The lowest BCUT2D eigenvalue weighted by molar-refractivity contribution is -0.119. The molecule has 128 valence electrons. The van der Waals surface area contributed by atoms with Crippen molar-refractivity contribution in [3.8, 4) is 5.75 Å². The van der Waals surface area contributed by atoms with Crippen LogP contribution in [0.2, 0.25) is 0 Å². The lowest BCUT2D eigenvalue weighted by Gasteiger charge is -2.17. The van der Waals surface area contributed by atoms with E-state index in [2.05, 4.69) is 9.46 Å². The Morgan fingerprint density at radius 3 is 2.21 bits per heavy atom. The standard InChI is InChI=1S/C15H14F2N2O4S/c16-15(17)23-11-8-4-5-9-12(11)24(21,22)19-13(14(18)20)10-6-2-1-3-7-10/h1-9,13,15,19H,(H2,18,20). The molecule has 1 unspecified atom stereocenters. The van der Waals surface area contributed by atoms with E-state index in [1.807, 2.05) is 0 Å². The van der Waals surface area contributed by atoms with Gasteiger partial charge in [0, 0.05) is 0 Å². The van der Waals surface area contributed by atoms with Crippen molar-refractivity contribution < 1.29 is 26.7 Å². The van der Waals surface area contributed by atoms with Crippen LogP contribution in [0.3, 0.4) is 0 Å². The van der Waals surface area contributed by atoms with Crippen LogP contribution in [0.25, 0.3) is 0 Å². The van der Waals surface area contributed by atoms with Crippen LogP contribution in [-0.4, -0.2) is 20.9 Å². The van der Waals surface area contributed by atoms with E-state index in [-0.39, 0.29) is 0 Å². The topological polar surface area (TPSA) is 98.5 Å². The highest BCUT2D eigenvalue weighted by Crippen LogP contribution is 2.26. The van der Waals surface area contributed by atoms with Gasteiger partial charge in [0.05, 0.1) is 0 Å². The van der Waals surface area contributed by atoms with E-state index in [0.717, 1.165) is 12.1 Å². The van der Waals surface area contributed by atoms with Crippen LogP contribution < -0.4 is 15.2 Å². The van der Waals surface area contributed by atoms with E-state index >= 15 is 0 Å². The summed E-state index contributed by atoms with van der Waals surface area (Å²) in [4.78, 5) is 11.1. The number of hydrogen-bond acceptors (Lipinski definition) is 4. The Bertz CT molecular complexity index is 813. The summed E-state index contributed by atoms with van der Waals surface area (Å²) in [6.07, 6.45) is 0. The van der Waals surface area contributed by atoms with Crippen molar-refractivity contribution >= 4 is 15.9 Å². The highest BCUT2D eigenvalue weighted by atomic mass is 32.2. The molecule has 24 heavy (non-hydrogen) atoms. The van der Waals surface area contributed by atoms with E-state index < -0.39 is 39.2 Å². The Labute approximate surface area is 137 Å². The number of rotatable bonds is 7. The van der Waals surface area contributed by atoms with Crippen molar-refractivity contribution in [2.75, 3.05) is 0 Å². The fraction of sp³-hybridized carbons (Fsp3) is 0.133. The molecule has 1 amide bonds. The molecule has 0 aliphatic carbocycles. The number of nitrogens with one attached hydrogen (secondary N) is 1. The average molecular weight is 356 g/mol. The molecule has 9 heteroatoms. The number of para-hydroxylation sites is 1. The first-order valence-electron chi connectivity index (χ1n) is 6.71. The summed E-state index contributed by atoms with van der Waals surface area (Å²) in [7, 11) is -4.34. The summed E-state index contributed by atoms with van der Waals surface area (Å²) in [5.41, 5.74) is 5.58. The van der Waals surface area contributed by atoms with Crippen LogP contribution in [0.4, 0.5) is 8.78 Å². The highest BCUT2D eigenvalue weighted by molar-refractivity contribution is 7.89. The first-order chi connectivity index (χ1) is 11.3. The van der Waals surface area contributed by atoms with Gasteiger partial charge in [-0.25, -0.2) is 8.42 Å². The number of hydrogen-bond donors (Lipinski definition) is 2. The fourth-order valence-corrected chi connectivity index (χ4v) is 3.35. The fourth-order valence-electron chi connectivity index (χ4n) is 2.02. The summed E-state index contributed by atoms with van der Waals surface area (Å²) >= 11 is 0. The second-order valence-electron chi connectivity index (χ2n) is 4.69. The maximum Gasteiger partial charge on any atom is 0.387 e. The smallest absolute Gasteiger partial charge is 0.387 e. The molecule has 0 aliphatic heterocycles. The molecule has 1 atom stereocenters. The monoisotopic (exact) mass is 356 g/mol. The van der Waals surface area contributed by atoms with Gasteiger partial charge in [-0.2, -0.15) is 13.5 Å². The second kappa shape index (κ2) is 7.37. The summed E-state index contributed by atoms with van der Waals surface area (Å²) in [6.45, 7) is -3.19. The Kier molecular flexibility index (Phi) is 5.47. The van der Waals surface area contributed by atoms with Crippen molar-refractivity contribution in [1.82, 2.24) is 4.72 Å². The number of nitrogens with two attached hydrogens (primary N) is 1. The molecule has 0 saturated heterocycles. The number of ether oxygens (including phenoxy) is 1. The number of benzene rings is 2. The van der Waals surface area contributed by atoms with Crippen molar-refractivity contribution in [3.05, 3.63) is 60.2 Å². The van der Waals surface area contributed by atoms with Crippen LogP contribution in [0, 0.1) is 0 Å². The van der Waals surface area contributed by atoms with Crippen molar-refractivity contribution in [1.29, 1.82) is 0 Å². The molecule has 0 spiro atoms. The molecule has 0 heterocycles. The van der Waals surface area contributed by atoms with Crippen molar-refractivity contribution in [2.24, 2.45) is 5.73 Å². The molecule has 2 rings (SSSR count). The van der Waals surface area contributed by atoms with Gasteiger partial charge >= 0.3 is 6.61 Å². The predicted molar refractivity (Wildman–Crippen MR) is 81.8 cm³/mol. The van der Waals surface area contributed by atoms with Crippen molar-refractivity contribution in [2.45, 2.75) is 17.5 Å². The highest BCUT2D eigenvalue weighted by Gasteiger charge is 2.28. The molecule has 0 fully saturated rings. The van der Waals surface area contributed by atoms with Crippen molar-refractivity contribution in [3.63, 3.8) is 0 Å². The van der Waals surface area contributed by atoms with E-state index in [1.54, 1.807) is 18.2 Å². The van der Waals surface area contributed by atoms with Crippen LogP contribution in [0.1, 0.15) is 11.6 Å². The molecular formula is C15H14F2N2O4S. The van der Waals surface area contributed by atoms with Gasteiger partial charge in [0.25, 0.3) is 0 Å². The van der Waals surface area contributed by atoms with Gasteiger partial charge in [0.15, 0.2) is 0 Å². The summed E-state index contributed by atoms with van der Waals surface area (Å²) < 4.78 is 56.1. The van der Waals surface area contributed by atoms with Gasteiger partial charge in [-0.3, -0.25) is 4.79 Å². The quantitative estimate of drug-likeness (QED) is 0.790. The number of halogens is 2. The molecule has 3 N–H and O–H groups in total. The number of amides is 1. The third-order valence-electron chi connectivity index (χ3n) is 3.05. The maximum absolute atomic E-state index is 12.5. The van der Waals surface area contributed by atoms with E-state index in [4.69, 9.17) is 5.73 Å². The van der Waals surface area contributed by atoms with Gasteiger partial charge in [-0.15, -0.1) is 0 Å². The molecule has 0 radical (unpaired) electrons. The summed E-state index contributed by atoms with van der Waals surface area (Å²) in [6, 6.07) is 11.4. The van der Waals surface area contributed by atoms with Gasteiger partial charge in [-0.05, 0) is 17.7 Å². The average Bonchev–Trinajstić information content (AvgIpc) is 2.53. The molecule has 2 aromatic rings. The molecule has 0 aliphatic rings. The van der Waals surface area contributed by atoms with E-state index in [0.29, 0.717) is 5.56 Å². The third kappa shape index (κ3) is 4.27. The van der Waals surface area contributed by atoms with Crippen LogP contribution in [-0.2, 0) is 14.8 Å². The maximum atomic E-state index is 12.5. The Balaban J connectivity index is 2.38. The molecule has 0 bridgehead atoms. The Morgan fingerprint density at radius 1 is 1.04 bits per heavy atom. The van der Waals surface area contributed by atoms with E-state index in [9.17, 15) is 22.0 Å². The zero-order chi connectivity index (χ0) is 17.7. The second-order valence-corrected chi connectivity index (χ2v) is 6.37. The lowest BCUT2D eigenvalue weighted by Crippen LogP contribution is -2.37. The number of carbonyl (C=O) groups is 1. The van der Waals surface area contributed by atoms with Gasteiger partial charge in [-0.1, -0.05) is 42.5 Å². The molecule has 0 aromatic heterocycles. The van der Waals surface area contributed by atoms with Gasteiger partial charge in [0.2, 0.25) is 15.9 Å². The first kappa shape index (κ1) is 17.8. The number of alkyl halides is 2. The summed E-state index contributed by atoms with van der Waals surface area (Å²) in [5.74, 6) is -1.46. The molecule has 6 nitrogen and oxygen atoms in total. The summed E-state index contributed by atoms with van der Waals surface area (Å²) in [5, 5.41) is 0. The van der Waals surface area contributed by atoms with Gasteiger partial charge < -0.3 is 10.5 Å². The molecular weight excluding hydrogens is 342 g/mol.